The maximum atomic E-state index is 11.6. The molecule has 1 aromatic carbocycles. The number of H-pyrrole nitrogens is 1. The molecular formula is C17H24N4O2. The molecule has 1 fully saturated rings. The van der Waals surface area contributed by atoms with Crippen LogP contribution in [0.3, 0.4) is 0 Å². The second-order valence-corrected chi connectivity index (χ2v) is 6.08. The molecule has 2 aromatic rings. The van der Waals surface area contributed by atoms with Crippen molar-refractivity contribution < 1.29 is 9.90 Å². The van der Waals surface area contributed by atoms with E-state index in [2.05, 4.69) is 15.3 Å². The van der Waals surface area contributed by atoms with Gasteiger partial charge < -0.3 is 20.3 Å². The quantitative estimate of drug-likeness (QED) is 0.760. The summed E-state index contributed by atoms with van der Waals surface area (Å²) in [5, 5.41) is 13.0. The fourth-order valence-corrected chi connectivity index (χ4v) is 3.37. The summed E-state index contributed by atoms with van der Waals surface area (Å²) in [7, 11) is 0. The van der Waals surface area contributed by atoms with Crippen molar-refractivity contribution in [1.82, 2.24) is 9.97 Å². The highest BCUT2D eigenvalue weighted by Crippen LogP contribution is 2.28. The van der Waals surface area contributed by atoms with Gasteiger partial charge in [0.15, 0.2) is 0 Å². The molecule has 0 atom stereocenters. The van der Waals surface area contributed by atoms with Crippen LogP contribution in [0.2, 0.25) is 0 Å². The van der Waals surface area contributed by atoms with Crippen molar-refractivity contribution in [1.29, 1.82) is 0 Å². The number of aromatic nitrogens is 2. The summed E-state index contributed by atoms with van der Waals surface area (Å²) in [5.74, 6) is -0.173. The van der Waals surface area contributed by atoms with Crippen molar-refractivity contribution in [3.05, 3.63) is 17.7 Å². The van der Waals surface area contributed by atoms with Crippen LogP contribution in [-0.2, 0) is 0 Å². The van der Waals surface area contributed by atoms with Crippen LogP contribution < -0.4 is 10.2 Å². The van der Waals surface area contributed by atoms with Crippen molar-refractivity contribution in [2.45, 2.75) is 45.6 Å². The molecule has 0 unspecified atom stereocenters. The zero-order chi connectivity index (χ0) is 16.4. The zero-order valence-electron chi connectivity index (χ0n) is 13.7. The molecule has 0 spiro atoms. The lowest BCUT2D eigenvalue weighted by Crippen LogP contribution is -2.24. The lowest BCUT2D eigenvalue weighted by atomic mass is 10.1. The summed E-state index contributed by atoms with van der Waals surface area (Å²) in [5.41, 5.74) is 2.61. The van der Waals surface area contributed by atoms with Crippen LogP contribution in [-0.4, -0.2) is 40.2 Å². The van der Waals surface area contributed by atoms with Gasteiger partial charge in [0, 0.05) is 19.1 Å². The lowest BCUT2D eigenvalue weighted by molar-refractivity contribution is 0.0697. The minimum absolute atomic E-state index is 0.317. The standard InChI is InChI=1S/C17H24N4O2/c1-3-21(4-2)15-10-14-13(9-12(15)16(22)23)19-17(20-14)18-11-7-5-6-8-11/h9-11H,3-8H2,1-2H3,(H,22,23)(H2,18,19,20). The van der Waals surface area contributed by atoms with Gasteiger partial charge in [-0.1, -0.05) is 12.8 Å². The Labute approximate surface area is 135 Å². The first-order chi connectivity index (χ1) is 11.1. The van der Waals surface area contributed by atoms with Gasteiger partial charge >= 0.3 is 5.97 Å². The first-order valence-electron chi connectivity index (χ1n) is 8.41. The van der Waals surface area contributed by atoms with Gasteiger partial charge in [-0.3, -0.25) is 0 Å². The second kappa shape index (κ2) is 6.48. The average molecular weight is 316 g/mol. The molecule has 0 radical (unpaired) electrons. The number of aromatic amines is 1. The molecule has 6 nitrogen and oxygen atoms in total. The predicted octanol–water partition coefficient (Wildman–Crippen LogP) is 3.46. The SMILES string of the molecule is CCN(CC)c1cc2nc(NC3CCCC3)[nH]c2cc1C(=O)O. The Bertz CT molecular complexity index is 700. The van der Waals surface area contributed by atoms with Gasteiger partial charge in [-0.15, -0.1) is 0 Å². The van der Waals surface area contributed by atoms with Crippen LogP contribution in [0.5, 0.6) is 0 Å². The Kier molecular flexibility index (Phi) is 4.41. The van der Waals surface area contributed by atoms with Gasteiger partial charge in [0.25, 0.3) is 0 Å². The number of rotatable bonds is 6. The van der Waals surface area contributed by atoms with Gasteiger partial charge in [-0.25, -0.2) is 9.78 Å². The summed E-state index contributed by atoms with van der Waals surface area (Å²) < 4.78 is 0. The number of anilines is 2. The molecule has 1 aliphatic carbocycles. The molecule has 0 aliphatic heterocycles. The Morgan fingerprint density at radius 1 is 1.35 bits per heavy atom. The van der Waals surface area contributed by atoms with Crippen LogP contribution >= 0.6 is 0 Å². The number of nitrogens with one attached hydrogen (secondary N) is 2. The molecule has 3 rings (SSSR count). The third-order valence-corrected chi connectivity index (χ3v) is 4.63. The van der Waals surface area contributed by atoms with Crippen molar-refractivity contribution in [3.8, 4) is 0 Å². The molecule has 0 bridgehead atoms. The highest BCUT2D eigenvalue weighted by molar-refractivity contribution is 5.99. The number of nitrogens with zero attached hydrogens (tertiary/aromatic N) is 2. The first kappa shape index (κ1) is 15.6. The largest absolute Gasteiger partial charge is 0.478 e. The molecule has 6 heteroatoms. The second-order valence-electron chi connectivity index (χ2n) is 6.08. The number of benzene rings is 1. The third-order valence-electron chi connectivity index (χ3n) is 4.63. The van der Waals surface area contributed by atoms with Gasteiger partial charge in [0.2, 0.25) is 5.95 Å². The van der Waals surface area contributed by atoms with Crippen molar-refractivity contribution in [2.24, 2.45) is 0 Å². The van der Waals surface area contributed by atoms with Gasteiger partial charge in [-0.05, 0) is 38.8 Å². The van der Waals surface area contributed by atoms with E-state index in [4.69, 9.17) is 0 Å². The van der Waals surface area contributed by atoms with Crippen molar-refractivity contribution in [3.63, 3.8) is 0 Å². The summed E-state index contributed by atoms with van der Waals surface area (Å²) in [4.78, 5) is 21.5. The molecule has 1 saturated carbocycles. The van der Waals surface area contributed by atoms with E-state index in [1.165, 1.54) is 25.7 Å². The highest BCUT2D eigenvalue weighted by atomic mass is 16.4. The number of fused-ring (bicyclic) bond motifs is 1. The number of carbonyl (C=O) groups is 1. The van der Waals surface area contributed by atoms with E-state index < -0.39 is 5.97 Å². The number of hydrogen-bond acceptors (Lipinski definition) is 4. The maximum absolute atomic E-state index is 11.6. The molecule has 1 aromatic heterocycles. The number of imidazole rings is 1. The van der Waals surface area contributed by atoms with E-state index in [-0.39, 0.29) is 0 Å². The number of hydrogen-bond donors (Lipinski definition) is 3. The Hall–Kier alpha value is -2.24. The average Bonchev–Trinajstić information content (AvgIpc) is 3.16. The Morgan fingerprint density at radius 2 is 2.04 bits per heavy atom. The fraction of sp³-hybridized carbons (Fsp3) is 0.529. The predicted molar refractivity (Wildman–Crippen MR) is 92.5 cm³/mol. The first-order valence-corrected chi connectivity index (χ1v) is 8.41. The topological polar surface area (TPSA) is 81.2 Å². The molecule has 1 aliphatic rings. The Balaban J connectivity index is 1.98. The lowest BCUT2D eigenvalue weighted by Gasteiger charge is -2.22. The van der Waals surface area contributed by atoms with E-state index in [1.54, 1.807) is 6.07 Å². The van der Waals surface area contributed by atoms with Gasteiger partial charge in [0.05, 0.1) is 22.3 Å². The normalized spacial score (nSPS) is 15.2. The van der Waals surface area contributed by atoms with E-state index in [1.807, 2.05) is 24.8 Å². The van der Waals surface area contributed by atoms with Crippen LogP contribution in [0.15, 0.2) is 12.1 Å². The summed E-state index contributed by atoms with van der Waals surface area (Å²) in [6.07, 6.45) is 4.85. The van der Waals surface area contributed by atoms with E-state index in [0.717, 1.165) is 35.8 Å². The fourth-order valence-electron chi connectivity index (χ4n) is 3.37. The van der Waals surface area contributed by atoms with Crippen molar-refractivity contribution in [2.75, 3.05) is 23.3 Å². The van der Waals surface area contributed by atoms with Crippen LogP contribution in [0.25, 0.3) is 11.0 Å². The molecule has 124 valence electrons. The number of aromatic carboxylic acids is 1. The highest BCUT2D eigenvalue weighted by Gasteiger charge is 2.19. The van der Waals surface area contributed by atoms with E-state index in [9.17, 15) is 9.90 Å². The molecule has 0 amide bonds. The van der Waals surface area contributed by atoms with Crippen LogP contribution in [0, 0.1) is 0 Å². The number of carboxylic acids is 1. The molecule has 1 heterocycles. The summed E-state index contributed by atoms with van der Waals surface area (Å²) >= 11 is 0. The minimum Gasteiger partial charge on any atom is -0.478 e. The van der Waals surface area contributed by atoms with Crippen LogP contribution in [0.4, 0.5) is 11.6 Å². The molecular weight excluding hydrogens is 292 g/mol. The van der Waals surface area contributed by atoms with E-state index >= 15 is 0 Å². The summed E-state index contributed by atoms with van der Waals surface area (Å²) in [6, 6.07) is 4.04. The monoisotopic (exact) mass is 316 g/mol. The third kappa shape index (κ3) is 3.11. The maximum Gasteiger partial charge on any atom is 0.337 e. The molecule has 23 heavy (non-hydrogen) atoms. The summed E-state index contributed by atoms with van der Waals surface area (Å²) in [6.45, 7) is 5.58. The smallest absolute Gasteiger partial charge is 0.337 e. The van der Waals surface area contributed by atoms with Crippen molar-refractivity contribution >= 4 is 28.6 Å². The van der Waals surface area contributed by atoms with E-state index in [0.29, 0.717) is 11.6 Å². The Morgan fingerprint density at radius 3 is 2.65 bits per heavy atom. The van der Waals surface area contributed by atoms with Crippen LogP contribution in [0.1, 0.15) is 49.9 Å². The molecule has 3 N–H and O–H groups in total. The number of carboxylic acid groups (broad SMARTS) is 1. The zero-order valence-corrected chi connectivity index (χ0v) is 13.7. The van der Waals surface area contributed by atoms with Gasteiger partial charge in [-0.2, -0.15) is 0 Å². The van der Waals surface area contributed by atoms with Gasteiger partial charge in [0.1, 0.15) is 0 Å². The molecule has 0 saturated heterocycles. The minimum atomic E-state index is -0.909.